The third kappa shape index (κ3) is 3.45. The number of hydrogen-bond donors (Lipinski definition) is 0. The molecule has 0 saturated carbocycles. The standard InChI is InChI=1S/C19H25N3O3/c1-14-7-5-6-8-16(14)17(18(23)24-4)22-9-10-25-19(2,13-22)15-11-20-21(3)12-15/h5-8,11-12,17H,9-10,13H2,1-4H3/t17-,19-/m1/s1. The summed E-state index contributed by atoms with van der Waals surface area (Å²) in [6.07, 6.45) is 3.79. The van der Waals surface area contributed by atoms with E-state index in [1.54, 1.807) is 4.68 Å². The summed E-state index contributed by atoms with van der Waals surface area (Å²) in [5.74, 6) is -0.246. The van der Waals surface area contributed by atoms with E-state index in [1.807, 2.05) is 57.6 Å². The molecular weight excluding hydrogens is 318 g/mol. The molecule has 2 aromatic rings. The van der Waals surface area contributed by atoms with Crippen molar-refractivity contribution in [1.82, 2.24) is 14.7 Å². The largest absolute Gasteiger partial charge is 0.468 e. The number of aromatic nitrogens is 2. The lowest BCUT2D eigenvalue weighted by Crippen LogP contribution is -2.51. The van der Waals surface area contributed by atoms with Gasteiger partial charge in [0.05, 0.1) is 19.9 Å². The highest BCUT2D eigenvalue weighted by Gasteiger charge is 2.40. The molecule has 0 amide bonds. The van der Waals surface area contributed by atoms with Crippen LogP contribution in [0, 0.1) is 6.92 Å². The van der Waals surface area contributed by atoms with Crippen molar-refractivity contribution in [3.05, 3.63) is 53.3 Å². The molecule has 6 heteroatoms. The van der Waals surface area contributed by atoms with E-state index in [0.29, 0.717) is 19.7 Å². The highest BCUT2D eigenvalue weighted by molar-refractivity contribution is 5.78. The molecule has 25 heavy (non-hydrogen) atoms. The molecular formula is C19H25N3O3. The first-order valence-corrected chi connectivity index (χ1v) is 8.45. The summed E-state index contributed by atoms with van der Waals surface area (Å²) in [6.45, 7) is 5.87. The number of methoxy groups -OCH3 is 1. The van der Waals surface area contributed by atoms with E-state index < -0.39 is 11.6 Å². The number of morpholine rings is 1. The van der Waals surface area contributed by atoms with E-state index in [9.17, 15) is 4.79 Å². The molecule has 1 fully saturated rings. The molecule has 0 spiro atoms. The molecule has 1 aliphatic heterocycles. The van der Waals surface area contributed by atoms with Crippen LogP contribution in [0.5, 0.6) is 0 Å². The van der Waals surface area contributed by atoms with Gasteiger partial charge in [0.2, 0.25) is 0 Å². The normalized spacial score (nSPS) is 22.6. The van der Waals surface area contributed by atoms with Crippen LogP contribution in [0.25, 0.3) is 0 Å². The van der Waals surface area contributed by atoms with Gasteiger partial charge in [-0.05, 0) is 25.0 Å². The van der Waals surface area contributed by atoms with Gasteiger partial charge in [0, 0.05) is 31.9 Å². The van der Waals surface area contributed by atoms with Crippen molar-refractivity contribution in [3.63, 3.8) is 0 Å². The minimum Gasteiger partial charge on any atom is -0.468 e. The van der Waals surface area contributed by atoms with Gasteiger partial charge in [0.1, 0.15) is 11.6 Å². The van der Waals surface area contributed by atoms with Gasteiger partial charge in [-0.2, -0.15) is 5.10 Å². The van der Waals surface area contributed by atoms with Crippen molar-refractivity contribution in [2.24, 2.45) is 7.05 Å². The van der Waals surface area contributed by atoms with Crippen LogP contribution < -0.4 is 0 Å². The maximum Gasteiger partial charge on any atom is 0.327 e. The molecule has 1 saturated heterocycles. The molecule has 0 aliphatic carbocycles. The Kier molecular flexibility index (Phi) is 4.92. The summed E-state index contributed by atoms with van der Waals surface area (Å²) < 4.78 is 13.0. The molecule has 1 aromatic heterocycles. The van der Waals surface area contributed by atoms with E-state index in [1.165, 1.54) is 7.11 Å². The Morgan fingerprint density at radius 1 is 1.40 bits per heavy atom. The Balaban J connectivity index is 1.94. The zero-order valence-electron chi connectivity index (χ0n) is 15.2. The molecule has 134 valence electrons. The summed E-state index contributed by atoms with van der Waals surface area (Å²) in [7, 11) is 3.33. The number of ether oxygens (including phenoxy) is 2. The lowest BCUT2D eigenvalue weighted by atomic mass is 9.93. The van der Waals surface area contributed by atoms with Crippen LogP contribution >= 0.6 is 0 Å². The maximum absolute atomic E-state index is 12.6. The summed E-state index contributed by atoms with van der Waals surface area (Å²) >= 11 is 0. The van der Waals surface area contributed by atoms with Gasteiger partial charge < -0.3 is 9.47 Å². The average molecular weight is 343 g/mol. The van der Waals surface area contributed by atoms with Crippen LogP contribution in [0.2, 0.25) is 0 Å². The minimum atomic E-state index is -0.512. The Morgan fingerprint density at radius 2 is 2.16 bits per heavy atom. The van der Waals surface area contributed by atoms with Gasteiger partial charge in [0.15, 0.2) is 0 Å². The summed E-state index contributed by atoms with van der Waals surface area (Å²) in [4.78, 5) is 14.7. The molecule has 0 N–H and O–H groups in total. The summed E-state index contributed by atoms with van der Waals surface area (Å²) in [6, 6.07) is 7.51. The van der Waals surface area contributed by atoms with E-state index in [4.69, 9.17) is 9.47 Å². The maximum atomic E-state index is 12.6. The zero-order valence-corrected chi connectivity index (χ0v) is 15.2. The quantitative estimate of drug-likeness (QED) is 0.797. The topological polar surface area (TPSA) is 56.6 Å². The molecule has 0 bridgehead atoms. The number of rotatable bonds is 4. The second-order valence-corrected chi connectivity index (χ2v) is 6.73. The Hall–Kier alpha value is -2.18. The fraction of sp³-hybridized carbons (Fsp3) is 0.474. The van der Waals surface area contributed by atoms with Crippen molar-refractivity contribution in [3.8, 4) is 0 Å². The fourth-order valence-electron chi connectivity index (χ4n) is 3.47. The predicted octanol–water partition coefficient (Wildman–Crippen LogP) is 2.19. The number of benzene rings is 1. The van der Waals surface area contributed by atoms with Crippen LogP contribution in [-0.4, -0.2) is 47.5 Å². The second kappa shape index (κ2) is 6.98. The number of esters is 1. The highest BCUT2D eigenvalue weighted by Crippen LogP contribution is 2.34. The van der Waals surface area contributed by atoms with E-state index >= 15 is 0 Å². The van der Waals surface area contributed by atoms with Crippen LogP contribution in [0.1, 0.15) is 29.7 Å². The first kappa shape index (κ1) is 17.6. The van der Waals surface area contributed by atoms with Crippen molar-refractivity contribution in [2.75, 3.05) is 26.8 Å². The van der Waals surface area contributed by atoms with E-state index in [2.05, 4.69) is 10.00 Å². The average Bonchev–Trinajstić information content (AvgIpc) is 3.04. The van der Waals surface area contributed by atoms with Crippen LogP contribution in [0.15, 0.2) is 36.7 Å². The molecule has 0 radical (unpaired) electrons. The van der Waals surface area contributed by atoms with Crippen molar-refractivity contribution in [2.45, 2.75) is 25.5 Å². The summed E-state index contributed by atoms with van der Waals surface area (Å²) in [5, 5.41) is 4.26. The van der Waals surface area contributed by atoms with Crippen LogP contribution in [0.3, 0.4) is 0 Å². The van der Waals surface area contributed by atoms with Gasteiger partial charge in [-0.1, -0.05) is 24.3 Å². The molecule has 3 rings (SSSR count). The monoisotopic (exact) mass is 343 g/mol. The first-order valence-electron chi connectivity index (χ1n) is 8.45. The van der Waals surface area contributed by atoms with Gasteiger partial charge in [-0.15, -0.1) is 0 Å². The third-order valence-electron chi connectivity index (χ3n) is 4.89. The van der Waals surface area contributed by atoms with Crippen molar-refractivity contribution < 1.29 is 14.3 Å². The zero-order chi connectivity index (χ0) is 18.0. The summed E-state index contributed by atoms with van der Waals surface area (Å²) in [5.41, 5.74) is 2.55. The smallest absolute Gasteiger partial charge is 0.327 e. The molecule has 6 nitrogen and oxygen atoms in total. The number of carbonyl (C=O) groups excluding carboxylic acids is 1. The molecule has 0 unspecified atom stereocenters. The van der Waals surface area contributed by atoms with Crippen molar-refractivity contribution in [1.29, 1.82) is 0 Å². The second-order valence-electron chi connectivity index (χ2n) is 6.73. The van der Waals surface area contributed by atoms with E-state index in [0.717, 1.165) is 16.7 Å². The highest BCUT2D eigenvalue weighted by atomic mass is 16.5. The third-order valence-corrected chi connectivity index (χ3v) is 4.89. The van der Waals surface area contributed by atoms with Crippen LogP contribution in [-0.2, 0) is 26.9 Å². The SMILES string of the molecule is COC(=O)[C@@H](c1ccccc1C)N1CCO[C@@](C)(c2cnn(C)c2)C1. The van der Waals surface area contributed by atoms with E-state index in [-0.39, 0.29) is 5.97 Å². The minimum absolute atomic E-state index is 0.246. The number of hydrogen-bond acceptors (Lipinski definition) is 5. The number of carbonyl (C=O) groups is 1. The van der Waals surface area contributed by atoms with Gasteiger partial charge in [-0.3, -0.25) is 9.58 Å². The number of aryl methyl sites for hydroxylation is 2. The first-order chi connectivity index (χ1) is 11.9. The van der Waals surface area contributed by atoms with Gasteiger partial charge in [-0.25, -0.2) is 4.79 Å². The molecule has 1 aromatic carbocycles. The van der Waals surface area contributed by atoms with Gasteiger partial charge >= 0.3 is 5.97 Å². The Labute approximate surface area is 148 Å². The molecule has 2 atom stereocenters. The predicted molar refractivity (Wildman–Crippen MR) is 94.0 cm³/mol. The van der Waals surface area contributed by atoms with Crippen LogP contribution in [0.4, 0.5) is 0 Å². The molecule has 1 aliphatic rings. The van der Waals surface area contributed by atoms with Gasteiger partial charge in [0.25, 0.3) is 0 Å². The molecule has 2 heterocycles. The number of nitrogens with zero attached hydrogens (tertiary/aromatic N) is 3. The fourth-order valence-corrected chi connectivity index (χ4v) is 3.47. The Bertz CT molecular complexity index is 758. The van der Waals surface area contributed by atoms with Crippen molar-refractivity contribution >= 4 is 5.97 Å². The Morgan fingerprint density at radius 3 is 2.80 bits per heavy atom. The lowest BCUT2D eigenvalue weighted by molar-refractivity contribution is -0.157. The lowest BCUT2D eigenvalue weighted by Gasteiger charge is -2.43.